The van der Waals surface area contributed by atoms with E-state index in [9.17, 15) is 4.79 Å². The molecule has 0 heterocycles. The van der Waals surface area contributed by atoms with Crippen LogP contribution in [0, 0.1) is 0 Å². The van der Waals surface area contributed by atoms with E-state index in [0.29, 0.717) is 13.0 Å². The van der Waals surface area contributed by atoms with Crippen LogP contribution in [0.5, 0.6) is 0 Å². The summed E-state index contributed by atoms with van der Waals surface area (Å²) in [4.78, 5) is 13.5. The number of hydrogen-bond acceptors (Lipinski definition) is 2. The van der Waals surface area contributed by atoms with Gasteiger partial charge in [0.1, 0.15) is 0 Å². The summed E-state index contributed by atoms with van der Waals surface area (Å²) in [5.74, 6) is 0.211. The van der Waals surface area contributed by atoms with Gasteiger partial charge in [0, 0.05) is 20.0 Å². The molecule has 18 heavy (non-hydrogen) atoms. The van der Waals surface area contributed by atoms with Gasteiger partial charge in [-0.1, -0.05) is 27.7 Å². The highest BCUT2D eigenvalue weighted by Crippen LogP contribution is 2.37. The van der Waals surface area contributed by atoms with Gasteiger partial charge in [-0.3, -0.25) is 4.79 Å². The zero-order chi connectivity index (χ0) is 14.6. The van der Waals surface area contributed by atoms with Gasteiger partial charge in [-0.25, -0.2) is 0 Å². The average molecular weight is 273 g/mol. The molecule has 0 N–H and O–H groups in total. The van der Waals surface area contributed by atoms with E-state index in [-0.39, 0.29) is 17.0 Å². The summed E-state index contributed by atoms with van der Waals surface area (Å²) in [6, 6.07) is 0. The van der Waals surface area contributed by atoms with E-state index in [1.807, 2.05) is 14.0 Å². The predicted octanol–water partition coefficient (Wildman–Crippen LogP) is 3.66. The number of carbonyl (C=O) groups excluding carboxylic acids is 1. The topological polar surface area (TPSA) is 29.5 Å². The van der Waals surface area contributed by atoms with Crippen LogP contribution in [-0.4, -0.2) is 38.8 Å². The van der Waals surface area contributed by atoms with Crippen molar-refractivity contribution in [3.8, 4) is 0 Å². The zero-order valence-corrected chi connectivity index (χ0v) is 14.5. The Morgan fingerprint density at radius 1 is 1.33 bits per heavy atom. The van der Waals surface area contributed by atoms with Gasteiger partial charge in [0.25, 0.3) is 0 Å². The minimum absolute atomic E-state index is 0.108. The van der Waals surface area contributed by atoms with E-state index in [1.165, 1.54) is 0 Å². The third kappa shape index (κ3) is 5.53. The summed E-state index contributed by atoms with van der Waals surface area (Å²) >= 11 is 0. The number of hydrogen-bond donors (Lipinski definition) is 0. The standard InChI is InChI=1S/C14H31NO2Si/c1-9-10-13(16)15(6)11-12(2)17-18(7,8)14(3,4)5/h12H,9-11H2,1-8H3/t12-/m1/s1. The monoisotopic (exact) mass is 273 g/mol. The van der Waals surface area contributed by atoms with E-state index >= 15 is 0 Å². The Morgan fingerprint density at radius 3 is 2.22 bits per heavy atom. The van der Waals surface area contributed by atoms with Crippen LogP contribution in [0.1, 0.15) is 47.5 Å². The fourth-order valence-electron chi connectivity index (χ4n) is 1.61. The van der Waals surface area contributed by atoms with Gasteiger partial charge in [0.05, 0.1) is 6.10 Å². The quantitative estimate of drug-likeness (QED) is 0.691. The van der Waals surface area contributed by atoms with Crippen molar-refractivity contribution in [1.29, 1.82) is 0 Å². The fourth-order valence-corrected chi connectivity index (χ4v) is 3.04. The second kappa shape index (κ2) is 6.71. The molecule has 0 saturated carbocycles. The first-order valence-corrected chi connectivity index (χ1v) is 9.84. The number of likely N-dealkylation sites (N-methyl/N-ethyl adjacent to an activating group) is 1. The second-order valence-corrected chi connectivity index (χ2v) is 11.5. The molecule has 0 aliphatic carbocycles. The number of carbonyl (C=O) groups is 1. The molecule has 0 unspecified atom stereocenters. The van der Waals surface area contributed by atoms with Crippen molar-refractivity contribution in [2.45, 2.75) is 71.7 Å². The van der Waals surface area contributed by atoms with Crippen molar-refractivity contribution in [3.05, 3.63) is 0 Å². The number of rotatable bonds is 6. The molecule has 0 bridgehead atoms. The van der Waals surface area contributed by atoms with Crippen molar-refractivity contribution in [3.63, 3.8) is 0 Å². The number of amides is 1. The first-order valence-electron chi connectivity index (χ1n) is 6.93. The van der Waals surface area contributed by atoms with Crippen LogP contribution in [0.25, 0.3) is 0 Å². The summed E-state index contributed by atoms with van der Waals surface area (Å²) in [7, 11) is 0.139. The molecule has 108 valence electrons. The minimum atomic E-state index is -1.73. The average Bonchev–Trinajstić information content (AvgIpc) is 2.14. The Morgan fingerprint density at radius 2 is 1.83 bits per heavy atom. The fraction of sp³-hybridized carbons (Fsp3) is 0.929. The van der Waals surface area contributed by atoms with Crippen LogP contribution in [0.2, 0.25) is 18.1 Å². The van der Waals surface area contributed by atoms with Crippen molar-refractivity contribution in [2.75, 3.05) is 13.6 Å². The SMILES string of the molecule is CCCC(=O)N(C)C[C@@H](C)O[Si](C)(C)C(C)(C)C. The highest BCUT2D eigenvalue weighted by molar-refractivity contribution is 6.74. The maximum Gasteiger partial charge on any atom is 0.222 e. The summed E-state index contributed by atoms with van der Waals surface area (Å²) in [5.41, 5.74) is 0. The predicted molar refractivity (Wildman–Crippen MR) is 80.3 cm³/mol. The van der Waals surface area contributed by atoms with Crippen molar-refractivity contribution in [1.82, 2.24) is 4.90 Å². The number of nitrogens with zero attached hydrogens (tertiary/aromatic N) is 1. The summed E-state index contributed by atoms with van der Waals surface area (Å²) in [6.07, 6.45) is 1.64. The lowest BCUT2D eigenvalue weighted by atomic mass is 10.2. The smallest absolute Gasteiger partial charge is 0.222 e. The molecule has 4 heteroatoms. The van der Waals surface area contributed by atoms with E-state index in [1.54, 1.807) is 4.90 Å². The Labute approximate surface area is 114 Å². The van der Waals surface area contributed by atoms with Crippen LogP contribution in [0.4, 0.5) is 0 Å². The van der Waals surface area contributed by atoms with Gasteiger partial charge in [0.15, 0.2) is 8.32 Å². The van der Waals surface area contributed by atoms with Crippen LogP contribution in [0.15, 0.2) is 0 Å². The molecule has 0 aromatic carbocycles. The summed E-state index contributed by atoms with van der Waals surface area (Å²) in [6.45, 7) is 16.0. The Hall–Kier alpha value is -0.353. The Balaban J connectivity index is 4.35. The molecule has 0 aliphatic heterocycles. The maximum absolute atomic E-state index is 11.7. The lowest BCUT2D eigenvalue weighted by Crippen LogP contribution is -2.46. The molecule has 0 spiro atoms. The van der Waals surface area contributed by atoms with E-state index < -0.39 is 8.32 Å². The minimum Gasteiger partial charge on any atom is -0.412 e. The Bertz CT molecular complexity index is 271. The van der Waals surface area contributed by atoms with Crippen LogP contribution >= 0.6 is 0 Å². The summed E-state index contributed by atoms with van der Waals surface area (Å²) in [5, 5.41) is 0.216. The third-order valence-corrected chi connectivity index (χ3v) is 8.33. The highest BCUT2D eigenvalue weighted by atomic mass is 28.4. The van der Waals surface area contributed by atoms with E-state index in [0.717, 1.165) is 6.42 Å². The molecule has 0 saturated heterocycles. The normalized spacial score (nSPS) is 14.4. The molecule has 0 aromatic rings. The van der Waals surface area contributed by atoms with Crippen molar-refractivity contribution in [2.24, 2.45) is 0 Å². The molecule has 0 radical (unpaired) electrons. The van der Waals surface area contributed by atoms with Gasteiger partial charge < -0.3 is 9.33 Å². The maximum atomic E-state index is 11.7. The molecule has 0 aliphatic rings. The van der Waals surface area contributed by atoms with Gasteiger partial charge >= 0.3 is 0 Å². The third-order valence-electron chi connectivity index (χ3n) is 3.72. The first-order chi connectivity index (χ1) is 8.01. The van der Waals surface area contributed by atoms with E-state index in [4.69, 9.17) is 4.43 Å². The lowest BCUT2D eigenvalue weighted by Gasteiger charge is -2.39. The molecule has 1 amide bonds. The van der Waals surface area contributed by atoms with Gasteiger partial charge in [-0.05, 0) is 31.5 Å². The molecule has 3 nitrogen and oxygen atoms in total. The van der Waals surface area contributed by atoms with Gasteiger partial charge in [-0.15, -0.1) is 0 Å². The first kappa shape index (κ1) is 17.6. The van der Waals surface area contributed by atoms with Crippen molar-refractivity contribution >= 4 is 14.2 Å². The Kier molecular flexibility index (Phi) is 6.58. The molecule has 0 aromatic heterocycles. The molecule has 1 atom stereocenters. The van der Waals surface area contributed by atoms with Crippen molar-refractivity contribution < 1.29 is 9.22 Å². The van der Waals surface area contributed by atoms with Gasteiger partial charge in [-0.2, -0.15) is 0 Å². The van der Waals surface area contributed by atoms with Crippen LogP contribution in [0.3, 0.4) is 0 Å². The molecule has 0 rings (SSSR count). The summed E-state index contributed by atoms with van der Waals surface area (Å²) < 4.78 is 6.25. The van der Waals surface area contributed by atoms with Crippen LogP contribution < -0.4 is 0 Å². The lowest BCUT2D eigenvalue weighted by molar-refractivity contribution is -0.130. The zero-order valence-electron chi connectivity index (χ0n) is 13.5. The largest absolute Gasteiger partial charge is 0.412 e. The molecular formula is C14H31NO2Si. The highest BCUT2D eigenvalue weighted by Gasteiger charge is 2.38. The van der Waals surface area contributed by atoms with Gasteiger partial charge in [0.2, 0.25) is 5.91 Å². The second-order valence-electron chi connectivity index (χ2n) is 6.71. The van der Waals surface area contributed by atoms with E-state index in [2.05, 4.69) is 40.8 Å². The molecular weight excluding hydrogens is 242 g/mol. The van der Waals surface area contributed by atoms with Crippen LogP contribution in [-0.2, 0) is 9.22 Å². The molecule has 0 fully saturated rings.